The number of hydrogen-bond acceptors (Lipinski definition) is 5. The van der Waals surface area contributed by atoms with E-state index >= 15 is 0 Å². The average Bonchev–Trinajstić information content (AvgIpc) is 2.50. The Morgan fingerprint density at radius 2 is 1.95 bits per heavy atom. The Bertz CT molecular complexity index is 641. The number of esters is 1. The number of anilines is 3. The molecule has 0 bridgehead atoms. The van der Waals surface area contributed by atoms with Gasteiger partial charge in [-0.3, -0.25) is 0 Å². The van der Waals surface area contributed by atoms with Crippen LogP contribution in [0.2, 0.25) is 0 Å². The van der Waals surface area contributed by atoms with Crippen molar-refractivity contribution in [1.82, 2.24) is 0 Å². The third-order valence-corrected chi connectivity index (χ3v) is 2.94. The molecule has 0 radical (unpaired) electrons. The first-order chi connectivity index (χ1) is 10.2. The molecule has 0 unspecified atom stereocenters. The van der Waals surface area contributed by atoms with Gasteiger partial charge in [-0.25, -0.2) is 4.79 Å². The highest BCUT2D eigenvalue weighted by molar-refractivity contribution is 5.92. The van der Waals surface area contributed by atoms with E-state index < -0.39 is 0 Å². The first kappa shape index (κ1) is 14.7. The van der Waals surface area contributed by atoms with Gasteiger partial charge in [-0.15, -0.1) is 0 Å². The molecule has 0 atom stereocenters. The lowest BCUT2D eigenvalue weighted by Gasteiger charge is -2.13. The predicted octanol–water partition coefficient (Wildman–Crippen LogP) is 3.20. The molecule has 110 valence electrons. The Morgan fingerprint density at radius 1 is 1.19 bits per heavy atom. The Kier molecular flexibility index (Phi) is 4.66. The minimum atomic E-state index is -0.381. The minimum absolute atomic E-state index is 0.333. The highest BCUT2D eigenvalue weighted by atomic mass is 16.5. The second kappa shape index (κ2) is 6.65. The van der Waals surface area contributed by atoms with Crippen LogP contribution in [0.4, 0.5) is 17.1 Å². The highest BCUT2D eigenvalue weighted by Gasteiger charge is 2.10. The SMILES string of the molecule is CCOC(=O)c1ccc(Nc2ccccc2OC)c(N)c1. The number of carbonyl (C=O) groups is 1. The molecule has 0 aliphatic heterocycles. The molecule has 5 nitrogen and oxygen atoms in total. The monoisotopic (exact) mass is 286 g/mol. The number of methoxy groups -OCH3 is 1. The molecule has 0 aliphatic rings. The molecule has 3 N–H and O–H groups in total. The maximum absolute atomic E-state index is 11.6. The number of rotatable bonds is 5. The zero-order valence-corrected chi connectivity index (χ0v) is 12.1. The van der Waals surface area contributed by atoms with Crippen molar-refractivity contribution < 1.29 is 14.3 Å². The molecule has 21 heavy (non-hydrogen) atoms. The number of benzene rings is 2. The molecule has 2 aromatic rings. The van der Waals surface area contributed by atoms with E-state index in [9.17, 15) is 4.79 Å². The Balaban J connectivity index is 2.23. The largest absolute Gasteiger partial charge is 0.495 e. The van der Waals surface area contributed by atoms with E-state index in [-0.39, 0.29) is 5.97 Å². The Labute approximate surface area is 123 Å². The van der Waals surface area contributed by atoms with Crippen molar-refractivity contribution in [3.05, 3.63) is 48.0 Å². The molecule has 0 saturated heterocycles. The molecule has 2 rings (SSSR count). The van der Waals surface area contributed by atoms with Gasteiger partial charge >= 0.3 is 5.97 Å². The van der Waals surface area contributed by atoms with Gasteiger partial charge in [0.05, 0.1) is 36.3 Å². The quantitative estimate of drug-likeness (QED) is 0.652. The summed E-state index contributed by atoms with van der Waals surface area (Å²) in [5.41, 5.74) is 8.38. The van der Waals surface area contributed by atoms with Crippen LogP contribution in [-0.4, -0.2) is 19.7 Å². The third-order valence-electron chi connectivity index (χ3n) is 2.94. The number of nitrogen functional groups attached to an aromatic ring is 1. The average molecular weight is 286 g/mol. The van der Waals surface area contributed by atoms with Gasteiger partial charge in [0.1, 0.15) is 5.75 Å². The topological polar surface area (TPSA) is 73.6 Å². The summed E-state index contributed by atoms with van der Waals surface area (Å²) < 4.78 is 10.2. The van der Waals surface area contributed by atoms with Gasteiger partial charge < -0.3 is 20.5 Å². The number of para-hydroxylation sites is 2. The molecule has 0 aliphatic carbocycles. The maximum Gasteiger partial charge on any atom is 0.338 e. The summed E-state index contributed by atoms with van der Waals surface area (Å²) in [6.07, 6.45) is 0. The predicted molar refractivity (Wildman–Crippen MR) is 83.1 cm³/mol. The molecule has 0 aromatic heterocycles. The first-order valence-electron chi connectivity index (χ1n) is 6.62. The van der Waals surface area contributed by atoms with Crippen LogP contribution in [0.3, 0.4) is 0 Å². The molecule has 2 aromatic carbocycles. The maximum atomic E-state index is 11.6. The summed E-state index contributed by atoms with van der Waals surface area (Å²) in [5.74, 6) is 0.333. The van der Waals surface area contributed by atoms with Crippen molar-refractivity contribution in [3.63, 3.8) is 0 Å². The molecule has 0 heterocycles. The van der Waals surface area contributed by atoms with Gasteiger partial charge in [0, 0.05) is 0 Å². The lowest BCUT2D eigenvalue weighted by atomic mass is 10.1. The smallest absolute Gasteiger partial charge is 0.338 e. The minimum Gasteiger partial charge on any atom is -0.495 e. The van der Waals surface area contributed by atoms with Crippen molar-refractivity contribution >= 4 is 23.0 Å². The van der Waals surface area contributed by atoms with Crippen LogP contribution in [0.25, 0.3) is 0 Å². The Morgan fingerprint density at radius 3 is 2.62 bits per heavy atom. The fraction of sp³-hybridized carbons (Fsp3) is 0.188. The summed E-state index contributed by atoms with van der Waals surface area (Å²) >= 11 is 0. The summed E-state index contributed by atoms with van der Waals surface area (Å²) in [6.45, 7) is 2.10. The summed E-state index contributed by atoms with van der Waals surface area (Å²) in [4.78, 5) is 11.6. The number of hydrogen-bond donors (Lipinski definition) is 2. The molecular formula is C16H18N2O3. The van der Waals surface area contributed by atoms with Crippen molar-refractivity contribution in [2.45, 2.75) is 6.92 Å². The van der Waals surface area contributed by atoms with Crippen LogP contribution in [0, 0.1) is 0 Å². The summed E-state index contributed by atoms with van der Waals surface area (Å²) in [7, 11) is 1.60. The highest BCUT2D eigenvalue weighted by Crippen LogP contribution is 2.30. The number of nitrogens with one attached hydrogen (secondary N) is 1. The van der Waals surface area contributed by atoms with E-state index in [4.69, 9.17) is 15.2 Å². The van der Waals surface area contributed by atoms with Crippen LogP contribution >= 0.6 is 0 Å². The van der Waals surface area contributed by atoms with Gasteiger partial charge in [0.25, 0.3) is 0 Å². The molecular weight excluding hydrogens is 268 g/mol. The fourth-order valence-electron chi connectivity index (χ4n) is 1.91. The fourth-order valence-corrected chi connectivity index (χ4v) is 1.91. The molecule has 0 fully saturated rings. The van der Waals surface area contributed by atoms with E-state index in [0.717, 1.165) is 5.69 Å². The van der Waals surface area contributed by atoms with Crippen molar-refractivity contribution in [2.24, 2.45) is 0 Å². The van der Waals surface area contributed by atoms with Crippen LogP contribution in [-0.2, 0) is 4.74 Å². The van der Waals surface area contributed by atoms with Crippen LogP contribution in [0.1, 0.15) is 17.3 Å². The zero-order chi connectivity index (χ0) is 15.2. The van der Waals surface area contributed by atoms with E-state index in [1.165, 1.54) is 0 Å². The number of ether oxygens (including phenoxy) is 2. The molecule has 0 amide bonds. The standard InChI is InChI=1S/C16H18N2O3/c1-3-21-16(19)11-8-9-13(12(17)10-11)18-14-6-4-5-7-15(14)20-2/h4-10,18H,3,17H2,1-2H3. The first-order valence-corrected chi connectivity index (χ1v) is 6.62. The number of carbonyl (C=O) groups excluding carboxylic acids is 1. The lowest BCUT2D eigenvalue weighted by molar-refractivity contribution is 0.0526. The van der Waals surface area contributed by atoms with Crippen LogP contribution in [0.5, 0.6) is 5.75 Å². The normalized spacial score (nSPS) is 10.0. The molecule has 0 saturated carbocycles. The van der Waals surface area contributed by atoms with Crippen molar-refractivity contribution in [2.75, 3.05) is 24.8 Å². The van der Waals surface area contributed by atoms with Gasteiger partial charge in [-0.2, -0.15) is 0 Å². The van der Waals surface area contributed by atoms with E-state index in [1.54, 1.807) is 32.2 Å². The van der Waals surface area contributed by atoms with Crippen LogP contribution in [0.15, 0.2) is 42.5 Å². The van der Waals surface area contributed by atoms with E-state index in [0.29, 0.717) is 29.3 Å². The van der Waals surface area contributed by atoms with E-state index in [1.807, 2.05) is 24.3 Å². The molecule has 0 spiro atoms. The summed E-state index contributed by atoms with van der Waals surface area (Å²) in [5, 5.41) is 3.19. The zero-order valence-electron chi connectivity index (χ0n) is 12.1. The number of nitrogens with two attached hydrogens (primary N) is 1. The second-order valence-electron chi connectivity index (χ2n) is 4.35. The van der Waals surface area contributed by atoms with Gasteiger partial charge in [0.2, 0.25) is 0 Å². The van der Waals surface area contributed by atoms with Crippen LogP contribution < -0.4 is 15.8 Å². The van der Waals surface area contributed by atoms with Gasteiger partial charge in [-0.05, 0) is 37.3 Å². The van der Waals surface area contributed by atoms with Gasteiger partial charge in [0.15, 0.2) is 0 Å². The third kappa shape index (κ3) is 3.45. The van der Waals surface area contributed by atoms with E-state index in [2.05, 4.69) is 5.32 Å². The molecule has 5 heteroatoms. The van der Waals surface area contributed by atoms with Crippen molar-refractivity contribution in [3.8, 4) is 5.75 Å². The Hall–Kier alpha value is -2.69. The van der Waals surface area contributed by atoms with Gasteiger partial charge in [-0.1, -0.05) is 12.1 Å². The second-order valence-corrected chi connectivity index (χ2v) is 4.35. The lowest BCUT2D eigenvalue weighted by Crippen LogP contribution is -2.06. The summed E-state index contributed by atoms with van der Waals surface area (Å²) in [6, 6.07) is 12.5. The van der Waals surface area contributed by atoms with Crippen molar-refractivity contribution in [1.29, 1.82) is 0 Å².